The fraction of sp³-hybridized carbons (Fsp3) is 0.462. The average molecular weight is 283 g/mol. The molecule has 0 radical (unpaired) electrons. The van der Waals surface area contributed by atoms with Crippen molar-refractivity contribution in [3.8, 4) is 0 Å². The first-order valence-electron chi connectivity index (χ1n) is 5.97. The van der Waals surface area contributed by atoms with Gasteiger partial charge in [0.05, 0.1) is 16.9 Å². The molecule has 1 aromatic rings. The number of hydrogen-bond donors (Lipinski definition) is 1. The molecule has 0 unspecified atom stereocenters. The van der Waals surface area contributed by atoms with Gasteiger partial charge in [-0.05, 0) is 37.6 Å². The Morgan fingerprint density at radius 3 is 2.47 bits per heavy atom. The third-order valence-corrected chi connectivity index (χ3v) is 4.57. The number of fused-ring (bicyclic) bond motifs is 1. The quantitative estimate of drug-likeness (QED) is 0.886. The number of aliphatic hydroxyl groups is 1. The second-order valence-electron chi connectivity index (χ2n) is 5.26. The highest BCUT2D eigenvalue weighted by Crippen LogP contribution is 2.42. The van der Waals surface area contributed by atoms with Crippen molar-refractivity contribution in [1.29, 1.82) is 0 Å². The Hall–Kier alpha value is -1.40. The molecule has 0 spiro atoms. The molecule has 0 atom stereocenters. The van der Waals surface area contributed by atoms with Crippen LogP contribution in [0.15, 0.2) is 23.1 Å². The first-order valence-corrected chi connectivity index (χ1v) is 7.86. The van der Waals surface area contributed by atoms with Gasteiger partial charge in [0.15, 0.2) is 9.84 Å². The van der Waals surface area contributed by atoms with Gasteiger partial charge in [0, 0.05) is 18.5 Å². The molecule has 104 valence electrons. The fourth-order valence-corrected chi connectivity index (χ4v) is 3.01. The maximum atomic E-state index is 12.3. The zero-order valence-electron chi connectivity index (χ0n) is 11.2. The minimum absolute atomic E-state index is 0.123. The lowest BCUT2D eigenvalue weighted by molar-refractivity contribution is -0.122. The molecular formula is C13H17NO4S. The number of rotatable bonds is 3. The summed E-state index contributed by atoms with van der Waals surface area (Å²) in [5, 5.41) is 9.03. The zero-order valence-corrected chi connectivity index (χ0v) is 12.0. The SMILES string of the molecule is CC1(C)C(=O)N(CCO)c2ccc(S(C)(=O)=O)cc21. The van der Waals surface area contributed by atoms with Gasteiger partial charge in [0.1, 0.15) is 0 Å². The molecule has 0 saturated carbocycles. The first kappa shape index (κ1) is 14.0. The van der Waals surface area contributed by atoms with E-state index in [2.05, 4.69) is 0 Å². The molecule has 19 heavy (non-hydrogen) atoms. The van der Waals surface area contributed by atoms with E-state index < -0.39 is 15.3 Å². The van der Waals surface area contributed by atoms with Crippen LogP contribution in [0.25, 0.3) is 0 Å². The molecule has 1 aliphatic rings. The van der Waals surface area contributed by atoms with Crippen LogP contribution in [0.3, 0.4) is 0 Å². The number of carbonyl (C=O) groups excluding carboxylic acids is 1. The van der Waals surface area contributed by atoms with Crippen LogP contribution in [0.2, 0.25) is 0 Å². The van der Waals surface area contributed by atoms with Gasteiger partial charge in [-0.1, -0.05) is 0 Å². The Morgan fingerprint density at radius 2 is 1.95 bits per heavy atom. The van der Waals surface area contributed by atoms with Crippen molar-refractivity contribution in [1.82, 2.24) is 0 Å². The number of nitrogens with zero attached hydrogens (tertiary/aromatic N) is 1. The van der Waals surface area contributed by atoms with E-state index in [4.69, 9.17) is 5.11 Å². The summed E-state index contributed by atoms with van der Waals surface area (Å²) in [5.74, 6) is -0.123. The van der Waals surface area contributed by atoms with Crippen LogP contribution in [-0.4, -0.2) is 38.8 Å². The zero-order chi connectivity index (χ0) is 14.4. The van der Waals surface area contributed by atoms with Crippen LogP contribution < -0.4 is 4.90 Å². The number of β-amino-alcohol motifs (C(OH)–C–C–N with tert-alkyl or cyclic N) is 1. The van der Waals surface area contributed by atoms with Crippen molar-refractivity contribution in [2.45, 2.75) is 24.2 Å². The Bertz CT molecular complexity index is 634. The third-order valence-electron chi connectivity index (χ3n) is 3.46. The van der Waals surface area contributed by atoms with Gasteiger partial charge in [0.2, 0.25) is 5.91 Å². The average Bonchev–Trinajstić information content (AvgIpc) is 2.50. The maximum absolute atomic E-state index is 12.3. The molecular weight excluding hydrogens is 266 g/mol. The fourth-order valence-electron chi connectivity index (χ4n) is 2.37. The van der Waals surface area contributed by atoms with Gasteiger partial charge in [-0.3, -0.25) is 4.79 Å². The highest BCUT2D eigenvalue weighted by atomic mass is 32.2. The molecule has 5 nitrogen and oxygen atoms in total. The summed E-state index contributed by atoms with van der Waals surface area (Å²) in [7, 11) is -3.30. The van der Waals surface area contributed by atoms with E-state index in [9.17, 15) is 13.2 Å². The van der Waals surface area contributed by atoms with Gasteiger partial charge in [-0.25, -0.2) is 8.42 Å². The number of hydrogen-bond acceptors (Lipinski definition) is 4. The summed E-state index contributed by atoms with van der Waals surface area (Å²) in [5.41, 5.74) is 0.593. The molecule has 1 heterocycles. The molecule has 0 aliphatic carbocycles. The highest BCUT2D eigenvalue weighted by molar-refractivity contribution is 7.90. The lowest BCUT2D eigenvalue weighted by Crippen LogP contribution is -2.37. The number of carbonyl (C=O) groups is 1. The van der Waals surface area contributed by atoms with E-state index in [1.165, 1.54) is 11.0 Å². The number of anilines is 1. The second kappa shape index (κ2) is 4.31. The number of amides is 1. The molecule has 2 rings (SSSR count). The lowest BCUT2D eigenvalue weighted by Gasteiger charge is -2.19. The van der Waals surface area contributed by atoms with E-state index in [0.29, 0.717) is 11.3 Å². The third kappa shape index (κ3) is 2.15. The van der Waals surface area contributed by atoms with Gasteiger partial charge in [0.25, 0.3) is 0 Å². The largest absolute Gasteiger partial charge is 0.395 e. The number of benzene rings is 1. The summed E-state index contributed by atoms with van der Waals surface area (Å²) < 4.78 is 23.2. The Kier molecular flexibility index (Phi) is 3.18. The molecule has 0 bridgehead atoms. The van der Waals surface area contributed by atoms with Crippen molar-refractivity contribution >= 4 is 21.4 Å². The van der Waals surface area contributed by atoms with E-state index in [1.807, 2.05) is 0 Å². The summed E-state index contributed by atoms with van der Waals surface area (Å²) >= 11 is 0. The predicted molar refractivity (Wildman–Crippen MR) is 72.0 cm³/mol. The molecule has 1 aliphatic heterocycles. The molecule has 1 amide bonds. The van der Waals surface area contributed by atoms with Crippen molar-refractivity contribution in [3.05, 3.63) is 23.8 Å². The molecule has 0 aromatic heterocycles. The summed E-state index contributed by atoms with van der Waals surface area (Å²) in [4.78, 5) is 14.0. The second-order valence-corrected chi connectivity index (χ2v) is 7.27. The van der Waals surface area contributed by atoms with Crippen molar-refractivity contribution in [3.63, 3.8) is 0 Å². The summed E-state index contributed by atoms with van der Waals surface area (Å²) in [6.45, 7) is 3.61. The Labute approximate surface area is 112 Å². The molecule has 0 saturated heterocycles. The van der Waals surface area contributed by atoms with Crippen LogP contribution in [0.5, 0.6) is 0 Å². The lowest BCUT2D eigenvalue weighted by atomic mass is 9.86. The minimum Gasteiger partial charge on any atom is -0.395 e. The van der Waals surface area contributed by atoms with Crippen LogP contribution >= 0.6 is 0 Å². The van der Waals surface area contributed by atoms with Crippen LogP contribution in [0, 0.1) is 0 Å². The van der Waals surface area contributed by atoms with Crippen molar-refractivity contribution < 1.29 is 18.3 Å². The Morgan fingerprint density at radius 1 is 1.32 bits per heavy atom. The van der Waals surface area contributed by atoms with Gasteiger partial charge >= 0.3 is 0 Å². The van der Waals surface area contributed by atoms with E-state index in [1.54, 1.807) is 26.0 Å². The molecule has 1 aromatic carbocycles. The number of sulfone groups is 1. The molecule has 0 fully saturated rings. The van der Waals surface area contributed by atoms with E-state index >= 15 is 0 Å². The van der Waals surface area contributed by atoms with Crippen LogP contribution in [-0.2, 0) is 20.0 Å². The summed E-state index contributed by atoms with van der Waals surface area (Å²) in [6.07, 6.45) is 1.14. The monoisotopic (exact) mass is 283 g/mol. The first-order chi connectivity index (χ1) is 8.69. The molecule has 6 heteroatoms. The predicted octanol–water partition coefficient (Wildman–Crippen LogP) is 0.707. The summed E-state index contributed by atoms with van der Waals surface area (Å²) in [6, 6.07) is 4.68. The number of aliphatic hydroxyl groups excluding tert-OH is 1. The van der Waals surface area contributed by atoms with Crippen molar-refractivity contribution in [2.24, 2.45) is 0 Å². The smallest absolute Gasteiger partial charge is 0.237 e. The van der Waals surface area contributed by atoms with Crippen LogP contribution in [0.4, 0.5) is 5.69 Å². The molecule has 1 N–H and O–H groups in total. The highest BCUT2D eigenvalue weighted by Gasteiger charge is 2.43. The van der Waals surface area contributed by atoms with Crippen molar-refractivity contribution in [2.75, 3.05) is 24.3 Å². The normalized spacial score (nSPS) is 17.7. The Balaban J connectivity index is 2.63. The standard InChI is InChI=1S/C13H17NO4S/c1-13(2)10-8-9(19(3,17)18)4-5-11(10)14(6-7-15)12(13)16/h4-5,8,15H,6-7H2,1-3H3. The topological polar surface area (TPSA) is 74.7 Å². The minimum atomic E-state index is -3.30. The maximum Gasteiger partial charge on any atom is 0.237 e. The van der Waals surface area contributed by atoms with Gasteiger partial charge < -0.3 is 10.0 Å². The van der Waals surface area contributed by atoms with Crippen LogP contribution in [0.1, 0.15) is 19.4 Å². The van der Waals surface area contributed by atoms with Gasteiger partial charge in [-0.15, -0.1) is 0 Å². The van der Waals surface area contributed by atoms with Gasteiger partial charge in [-0.2, -0.15) is 0 Å². The van der Waals surface area contributed by atoms with E-state index in [-0.39, 0.29) is 24.0 Å². The van der Waals surface area contributed by atoms with E-state index in [0.717, 1.165) is 6.26 Å².